The SMILES string of the molecule is CCC(CC)(CN)CN1CCN2CCCCC2C1. The topological polar surface area (TPSA) is 32.5 Å². The van der Waals surface area contributed by atoms with Crippen LogP contribution in [0.3, 0.4) is 0 Å². The quantitative estimate of drug-likeness (QED) is 0.812. The average molecular weight is 253 g/mol. The van der Waals surface area contributed by atoms with Gasteiger partial charge in [-0.05, 0) is 44.2 Å². The molecule has 18 heavy (non-hydrogen) atoms. The Morgan fingerprint density at radius 1 is 1.11 bits per heavy atom. The molecule has 2 aliphatic rings. The van der Waals surface area contributed by atoms with Crippen LogP contribution in [0.5, 0.6) is 0 Å². The van der Waals surface area contributed by atoms with Crippen molar-refractivity contribution in [3.05, 3.63) is 0 Å². The van der Waals surface area contributed by atoms with E-state index in [0.717, 1.165) is 12.6 Å². The zero-order valence-corrected chi connectivity index (χ0v) is 12.3. The van der Waals surface area contributed by atoms with Crippen molar-refractivity contribution in [2.24, 2.45) is 11.1 Å². The molecule has 2 heterocycles. The van der Waals surface area contributed by atoms with Crippen molar-refractivity contribution >= 4 is 0 Å². The fourth-order valence-electron chi connectivity index (χ4n) is 3.67. The maximum atomic E-state index is 6.04. The van der Waals surface area contributed by atoms with E-state index in [0.29, 0.717) is 5.41 Å². The van der Waals surface area contributed by atoms with Gasteiger partial charge in [-0.3, -0.25) is 9.80 Å². The highest BCUT2D eigenvalue weighted by Crippen LogP contribution is 2.28. The summed E-state index contributed by atoms with van der Waals surface area (Å²) in [6.45, 7) is 11.8. The molecule has 2 saturated heterocycles. The van der Waals surface area contributed by atoms with Crippen molar-refractivity contribution in [1.82, 2.24) is 9.80 Å². The Balaban J connectivity index is 1.90. The maximum Gasteiger partial charge on any atom is 0.0223 e. The van der Waals surface area contributed by atoms with Crippen LogP contribution < -0.4 is 5.73 Å². The number of nitrogens with two attached hydrogens (primary N) is 1. The molecule has 2 fully saturated rings. The van der Waals surface area contributed by atoms with Gasteiger partial charge in [0.15, 0.2) is 0 Å². The minimum absolute atomic E-state index is 0.358. The number of piperidine rings is 1. The first-order valence-electron chi connectivity index (χ1n) is 7.89. The summed E-state index contributed by atoms with van der Waals surface area (Å²) in [6.07, 6.45) is 6.67. The Labute approximate surface area is 113 Å². The third-order valence-electron chi connectivity index (χ3n) is 5.41. The molecule has 3 heteroatoms. The number of piperazine rings is 1. The number of hydrogen-bond acceptors (Lipinski definition) is 3. The molecule has 0 bridgehead atoms. The van der Waals surface area contributed by atoms with Crippen LogP contribution in [-0.2, 0) is 0 Å². The minimum atomic E-state index is 0.358. The van der Waals surface area contributed by atoms with E-state index < -0.39 is 0 Å². The van der Waals surface area contributed by atoms with Crippen LogP contribution in [0.15, 0.2) is 0 Å². The summed E-state index contributed by atoms with van der Waals surface area (Å²) < 4.78 is 0. The smallest absolute Gasteiger partial charge is 0.0223 e. The molecular weight excluding hydrogens is 222 g/mol. The van der Waals surface area contributed by atoms with Crippen LogP contribution in [0.1, 0.15) is 46.0 Å². The predicted octanol–water partition coefficient (Wildman–Crippen LogP) is 1.92. The lowest BCUT2D eigenvalue weighted by Crippen LogP contribution is -2.57. The lowest BCUT2D eigenvalue weighted by Gasteiger charge is -2.46. The van der Waals surface area contributed by atoms with Gasteiger partial charge in [0, 0.05) is 32.2 Å². The fraction of sp³-hybridized carbons (Fsp3) is 1.00. The largest absolute Gasteiger partial charge is 0.330 e. The van der Waals surface area contributed by atoms with Gasteiger partial charge in [-0.25, -0.2) is 0 Å². The van der Waals surface area contributed by atoms with Crippen LogP contribution in [0.2, 0.25) is 0 Å². The van der Waals surface area contributed by atoms with Gasteiger partial charge < -0.3 is 5.73 Å². The Hall–Kier alpha value is -0.120. The lowest BCUT2D eigenvalue weighted by atomic mass is 9.81. The van der Waals surface area contributed by atoms with Gasteiger partial charge >= 0.3 is 0 Å². The summed E-state index contributed by atoms with van der Waals surface area (Å²) in [4.78, 5) is 5.40. The van der Waals surface area contributed by atoms with Crippen LogP contribution in [-0.4, -0.2) is 55.1 Å². The van der Waals surface area contributed by atoms with Gasteiger partial charge in [-0.15, -0.1) is 0 Å². The van der Waals surface area contributed by atoms with Crippen molar-refractivity contribution in [3.63, 3.8) is 0 Å². The maximum absolute atomic E-state index is 6.04. The standard InChI is InChI=1S/C15H31N3/c1-3-15(4-2,12-16)13-17-9-10-18-8-6-5-7-14(18)11-17/h14H,3-13,16H2,1-2H3. The van der Waals surface area contributed by atoms with Crippen molar-refractivity contribution < 1.29 is 0 Å². The third-order valence-corrected chi connectivity index (χ3v) is 5.41. The molecule has 1 atom stereocenters. The lowest BCUT2D eigenvalue weighted by molar-refractivity contribution is 0.0250. The molecular formula is C15H31N3. The third kappa shape index (κ3) is 3.06. The summed E-state index contributed by atoms with van der Waals surface area (Å²) in [5.74, 6) is 0. The second kappa shape index (κ2) is 6.36. The highest BCUT2D eigenvalue weighted by Gasteiger charge is 2.33. The van der Waals surface area contributed by atoms with E-state index in [1.54, 1.807) is 0 Å². The normalized spacial score (nSPS) is 27.2. The van der Waals surface area contributed by atoms with E-state index in [1.807, 2.05) is 0 Å². The predicted molar refractivity (Wildman–Crippen MR) is 77.7 cm³/mol. The Bertz CT molecular complexity index is 242. The second-order valence-corrected chi connectivity index (χ2v) is 6.33. The van der Waals surface area contributed by atoms with Crippen LogP contribution in [0.25, 0.3) is 0 Å². The molecule has 2 aliphatic heterocycles. The molecule has 2 rings (SSSR count). The van der Waals surface area contributed by atoms with E-state index in [4.69, 9.17) is 5.73 Å². The zero-order valence-electron chi connectivity index (χ0n) is 12.3. The van der Waals surface area contributed by atoms with E-state index in [-0.39, 0.29) is 0 Å². The van der Waals surface area contributed by atoms with Crippen LogP contribution in [0, 0.1) is 5.41 Å². The van der Waals surface area contributed by atoms with Crippen molar-refractivity contribution in [2.75, 3.05) is 39.3 Å². The summed E-state index contributed by atoms with van der Waals surface area (Å²) in [5, 5.41) is 0. The number of rotatable bonds is 5. The van der Waals surface area contributed by atoms with Gasteiger partial charge in [0.05, 0.1) is 0 Å². The van der Waals surface area contributed by atoms with Crippen molar-refractivity contribution in [3.8, 4) is 0 Å². The van der Waals surface area contributed by atoms with E-state index in [9.17, 15) is 0 Å². The number of hydrogen-bond donors (Lipinski definition) is 1. The summed E-state index contributed by atoms with van der Waals surface area (Å²) in [7, 11) is 0. The highest BCUT2D eigenvalue weighted by molar-refractivity contribution is 4.89. The Morgan fingerprint density at radius 2 is 1.89 bits per heavy atom. The van der Waals surface area contributed by atoms with Gasteiger partial charge in [0.25, 0.3) is 0 Å². The summed E-state index contributed by atoms with van der Waals surface area (Å²) in [5.41, 5.74) is 6.40. The Kier molecular flexibility index (Phi) is 5.05. The summed E-state index contributed by atoms with van der Waals surface area (Å²) in [6, 6.07) is 0.830. The Morgan fingerprint density at radius 3 is 2.56 bits per heavy atom. The molecule has 106 valence electrons. The van der Waals surface area contributed by atoms with Crippen LogP contribution in [0.4, 0.5) is 0 Å². The number of nitrogens with zero attached hydrogens (tertiary/aromatic N) is 2. The fourth-order valence-corrected chi connectivity index (χ4v) is 3.67. The zero-order chi connectivity index (χ0) is 13.0. The molecule has 0 radical (unpaired) electrons. The molecule has 0 aromatic rings. The first-order chi connectivity index (χ1) is 8.73. The van der Waals surface area contributed by atoms with Gasteiger partial charge in [0.1, 0.15) is 0 Å². The minimum Gasteiger partial charge on any atom is -0.330 e. The van der Waals surface area contributed by atoms with Gasteiger partial charge in [-0.1, -0.05) is 20.3 Å². The first-order valence-corrected chi connectivity index (χ1v) is 7.89. The van der Waals surface area contributed by atoms with Crippen molar-refractivity contribution in [2.45, 2.75) is 52.0 Å². The number of fused-ring (bicyclic) bond motifs is 1. The first kappa shape index (κ1) is 14.3. The van der Waals surface area contributed by atoms with Crippen LogP contribution >= 0.6 is 0 Å². The average Bonchev–Trinajstić information content (AvgIpc) is 2.45. The molecule has 3 nitrogen and oxygen atoms in total. The van der Waals surface area contributed by atoms with E-state index in [1.165, 1.54) is 64.8 Å². The van der Waals surface area contributed by atoms with Gasteiger partial charge in [0.2, 0.25) is 0 Å². The summed E-state index contributed by atoms with van der Waals surface area (Å²) >= 11 is 0. The molecule has 1 unspecified atom stereocenters. The molecule has 0 aromatic heterocycles. The molecule has 2 N–H and O–H groups in total. The molecule has 0 saturated carbocycles. The monoisotopic (exact) mass is 253 g/mol. The molecule has 0 spiro atoms. The molecule has 0 amide bonds. The van der Waals surface area contributed by atoms with E-state index >= 15 is 0 Å². The molecule has 0 aromatic carbocycles. The highest BCUT2D eigenvalue weighted by atomic mass is 15.3. The second-order valence-electron chi connectivity index (χ2n) is 6.33. The van der Waals surface area contributed by atoms with Gasteiger partial charge in [-0.2, -0.15) is 0 Å². The molecule has 0 aliphatic carbocycles. The van der Waals surface area contributed by atoms with Crippen molar-refractivity contribution in [1.29, 1.82) is 0 Å². The van der Waals surface area contributed by atoms with E-state index in [2.05, 4.69) is 23.6 Å².